The molecule has 12 rings (SSSR count). The molecule has 13 nitrogen and oxygen atoms in total. The molecule has 2 saturated carbocycles. The fraction of sp³-hybridized carbons (Fsp3) is 0.306. The highest BCUT2D eigenvalue weighted by atomic mass is 35.5. The Morgan fingerprint density at radius 2 is 1.27 bits per heavy atom. The largest absolute Gasteiger partial charge is 0.495 e. The molecule has 6 fully saturated rings. The second kappa shape index (κ2) is 20.4. The first-order valence-electron chi connectivity index (χ1n) is 21.3. The summed E-state index contributed by atoms with van der Waals surface area (Å²) < 4.78 is 21.5. The van der Waals surface area contributed by atoms with E-state index in [9.17, 15) is 9.59 Å². The van der Waals surface area contributed by atoms with E-state index in [1.165, 1.54) is 12.5 Å². The van der Waals surface area contributed by atoms with Gasteiger partial charge < -0.3 is 34.5 Å². The van der Waals surface area contributed by atoms with Gasteiger partial charge in [0, 0.05) is 84.1 Å². The summed E-state index contributed by atoms with van der Waals surface area (Å²) in [6.07, 6.45) is 9.15. The summed E-state index contributed by atoms with van der Waals surface area (Å²) in [5, 5.41) is 9.93. The number of fused-ring (bicyclic) bond motifs is 4. The lowest BCUT2D eigenvalue weighted by atomic mass is 9.72. The highest BCUT2D eigenvalue weighted by Crippen LogP contribution is 2.49. The Balaban J connectivity index is 0.000000166. The minimum Gasteiger partial charge on any atom is -0.495 e. The number of hydrogen-bond donors (Lipinski definition) is 2. The van der Waals surface area contributed by atoms with Gasteiger partial charge in [-0.05, 0) is 89.7 Å². The average Bonchev–Trinajstić information content (AvgIpc) is 4.17. The smallest absolute Gasteiger partial charge is 0.246 e. The number of hydrogen-bond acceptors (Lipinski definition) is 12. The van der Waals surface area contributed by atoms with Crippen molar-refractivity contribution in [3.8, 4) is 45.3 Å². The first-order valence-corrected chi connectivity index (χ1v) is 23.2. The molecule has 0 radical (unpaired) electrons. The highest BCUT2D eigenvalue weighted by Gasteiger charge is 2.53. The van der Waals surface area contributed by atoms with Crippen molar-refractivity contribution in [3.63, 3.8) is 0 Å². The second-order valence-corrected chi connectivity index (χ2v) is 18.3. The molecule has 0 spiro atoms. The number of nitrogens with one attached hydrogen (secondary N) is 2. The number of carbonyl (C=O) groups is 2. The molecule has 6 atom stereocenters. The normalized spacial score (nSPS) is 20.6. The molecule has 6 heterocycles. The number of benzene rings is 4. The molecule has 2 aliphatic carbocycles. The third-order valence-electron chi connectivity index (χ3n) is 12.9. The number of rotatable bonds is 12. The van der Waals surface area contributed by atoms with Crippen molar-refractivity contribution in [1.29, 1.82) is 0 Å². The number of aromatic nitrogens is 4. The van der Waals surface area contributed by atoms with Crippen LogP contribution < -0.4 is 29.6 Å². The van der Waals surface area contributed by atoms with Crippen LogP contribution in [-0.4, -0.2) is 95.6 Å². The van der Waals surface area contributed by atoms with Crippen LogP contribution in [0.4, 0.5) is 5.95 Å². The monoisotopic (exact) mass is 1000 g/mol. The summed E-state index contributed by atoms with van der Waals surface area (Å²) in [5.74, 6) is 5.05. The predicted octanol–water partition coefficient (Wildman–Crippen LogP) is 10.5. The minimum absolute atomic E-state index is 0.0171. The number of allylic oxidation sites excluding steroid dienone is 1. The van der Waals surface area contributed by atoms with E-state index in [1.54, 1.807) is 40.6 Å². The van der Waals surface area contributed by atoms with Crippen LogP contribution in [0.5, 0.6) is 23.0 Å². The summed E-state index contributed by atoms with van der Waals surface area (Å²) >= 11 is 31.0. The standard InChI is InChI=1S/C25H23Cl2N3O3.C21H20Cl2N4O2.C3H3ClO/c1-4-22(31)30-12-15-8-18(30)16(15)9-21-28-11-14-7-13(5-6-17(14)29-21)23-24(26)19(32-2)10-20(33-3)25(23)27;1-28-15-7-16(29-2)19(23)17(18(15)22)10-3-4-13-11(5-10)8-25-21(26-13)27-20-12-6-14(20)24-9-12;1-2-3(4)5/h4-7,10-11,15-16,18H,1,8-9,12H2,2-3H3;3-5,7-8,12,14,20,24H,6,9H2,1-2H3,(H,25,26,27);2H,1H2/t15-,16+,18-;12-,14-,20+;/m00./s1. The lowest BCUT2D eigenvalue weighted by Gasteiger charge is -2.35. The summed E-state index contributed by atoms with van der Waals surface area (Å²) in [6, 6.07) is 16.3. The van der Waals surface area contributed by atoms with E-state index in [2.05, 4.69) is 38.7 Å². The summed E-state index contributed by atoms with van der Waals surface area (Å²) in [6.45, 7) is 8.58. The number of ether oxygens (including phenoxy) is 4. The molecule has 2 aromatic heterocycles. The van der Waals surface area contributed by atoms with E-state index >= 15 is 0 Å². The van der Waals surface area contributed by atoms with E-state index in [0.717, 1.165) is 70.8 Å². The third-order valence-corrected chi connectivity index (χ3v) is 14.5. The molecule has 6 aromatic rings. The van der Waals surface area contributed by atoms with E-state index in [0.29, 0.717) is 90.0 Å². The van der Waals surface area contributed by atoms with Crippen LogP contribution in [0.25, 0.3) is 44.1 Å². The van der Waals surface area contributed by atoms with Gasteiger partial charge in [-0.3, -0.25) is 9.59 Å². The van der Waals surface area contributed by atoms with Gasteiger partial charge in [-0.1, -0.05) is 71.7 Å². The lowest BCUT2D eigenvalue weighted by Crippen LogP contribution is -2.47. The molecule has 6 aliphatic rings. The highest BCUT2D eigenvalue weighted by molar-refractivity contribution is 6.66. The quantitative estimate of drug-likeness (QED) is 0.0887. The number of halogens is 5. The van der Waals surface area contributed by atoms with Gasteiger partial charge >= 0.3 is 0 Å². The Kier molecular flexibility index (Phi) is 14.7. The Morgan fingerprint density at radius 1 is 0.746 bits per heavy atom. The van der Waals surface area contributed by atoms with Crippen molar-refractivity contribution in [2.24, 2.45) is 17.8 Å². The van der Waals surface area contributed by atoms with Gasteiger partial charge in [0.15, 0.2) is 0 Å². The number of nitrogens with zero attached hydrogens (tertiary/aromatic N) is 5. The van der Waals surface area contributed by atoms with Gasteiger partial charge in [0.25, 0.3) is 0 Å². The Labute approximate surface area is 412 Å². The Hall–Kier alpha value is -5.41. The zero-order valence-electron chi connectivity index (χ0n) is 36.9. The summed E-state index contributed by atoms with van der Waals surface area (Å²) in [5.41, 5.74) is 4.66. The molecule has 18 heteroatoms. The number of methoxy groups -OCH3 is 4. The van der Waals surface area contributed by atoms with Crippen molar-refractivity contribution < 1.29 is 28.5 Å². The van der Waals surface area contributed by atoms with Crippen LogP contribution in [0.3, 0.4) is 0 Å². The molecule has 4 saturated heterocycles. The molecule has 1 amide bonds. The second-order valence-electron chi connectivity index (χ2n) is 16.4. The van der Waals surface area contributed by atoms with Crippen LogP contribution in [0.15, 0.2) is 86.2 Å². The van der Waals surface area contributed by atoms with Crippen LogP contribution >= 0.6 is 58.0 Å². The zero-order chi connectivity index (χ0) is 47.7. The van der Waals surface area contributed by atoms with E-state index < -0.39 is 5.24 Å². The fourth-order valence-electron chi connectivity index (χ4n) is 9.32. The molecular formula is C49H46Cl5N7O6. The molecule has 4 aromatic carbocycles. The van der Waals surface area contributed by atoms with Crippen molar-refractivity contribution in [1.82, 2.24) is 30.2 Å². The van der Waals surface area contributed by atoms with Crippen LogP contribution in [-0.2, 0) is 16.0 Å². The van der Waals surface area contributed by atoms with E-state index in [4.69, 9.17) is 81.9 Å². The van der Waals surface area contributed by atoms with Crippen molar-refractivity contribution in [2.75, 3.05) is 46.8 Å². The number of anilines is 1. The first kappa shape index (κ1) is 48.1. The Morgan fingerprint density at radius 3 is 1.73 bits per heavy atom. The molecule has 4 aliphatic heterocycles. The van der Waals surface area contributed by atoms with Crippen molar-refractivity contribution in [3.05, 3.63) is 112 Å². The maximum absolute atomic E-state index is 12.0. The van der Waals surface area contributed by atoms with Gasteiger partial charge in [-0.15, -0.1) is 0 Å². The van der Waals surface area contributed by atoms with E-state index in [-0.39, 0.29) is 11.9 Å². The SMILES string of the molecule is C=CC(=O)Cl.C=CC(=O)N1C[C@@H]2C[C@H]1[C@@H]2Cc1ncc2cc(-c3c(Cl)c(OC)cc(OC)c3Cl)ccc2n1.COc1cc(OC)c(Cl)c(-c2ccc3nc(N[C@@H]4[C@@H]5CN[C@H]4C5)ncc3c2)c1Cl. The van der Waals surface area contributed by atoms with E-state index in [1.807, 2.05) is 53.7 Å². The summed E-state index contributed by atoms with van der Waals surface area (Å²) in [4.78, 5) is 42.0. The number of amides is 1. The molecular weight excluding hydrogens is 960 g/mol. The van der Waals surface area contributed by atoms with Crippen LogP contribution in [0.1, 0.15) is 18.7 Å². The van der Waals surface area contributed by atoms with Crippen molar-refractivity contribution >= 4 is 96.9 Å². The van der Waals surface area contributed by atoms with Gasteiger partial charge in [0.2, 0.25) is 17.1 Å². The van der Waals surface area contributed by atoms with Gasteiger partial charge in [-0.25, -0.2) is 19.9 Å². The van der Waals surface area contributed by atoms with Crippen LogP contribution in [0.2, 0.25) is 20.1 Å². The lowest BCUT2D eigenvalue weighted by molar-refractivity contribution is -0.126. The van der Waals surface area contributed by atoms with Gasteiger partial charge in [0.05, 0.1) is 59.6 Å². The van der Waals surface area contributed by atoms with Gasteiger partial charge in [-0.2, -0.15) is 0 Å². The predicted molar refractivity (Wildman–Crippen MR) is 266 cm³/mol. The summed E-state index contributed by atoms with van der Waals surface area (Å²) in [7, 11) is 6.22. The maximum Gasteiger partial charge on any atom is 0.246 e. The molecule has 67 heavy (non-hydrogen) atoms. The maximum atomic E-state index is 12.0. The topological polar surface area (TPSA) is 150 Å². The minimum atomic E-state index is -0.509. The first-order chi connectivity index (χ1) is 32.3. The molecule has 2 N–H and O–H groups in total. The van der Waals surface area contributed by atoms with Crippen molar-refractivity contribution in [2.45, 2.75) is 37.4 Å². The third kappa shape index (κ3) is 9.55. The molecule has 4 bridgehead atoms. The molecule has 348 valence electrons. The van der Waals surface area contributed by atoms with Gasteiger partial charge in [0.1, 0.15) is 28.8 Å². The number of carbonyl (C=O) groups excluding carboxylic acids is 2. The molecule has 0 unspecified atom stereocenters. The average molecular weight is 1010 g/mol. The Bertz CT molecular complexity index is 2850. The fourth-order valence-corrected chi connectivity index (χ4v) is 10.8. The zero-order valence-corrected chi connectivity index (χ0v) is 40.7. The van der Waals surface area contributed by atoms with Crippen LogP contribution in [0, 0.1) is 17.8 Å².